The number of carboxylic acid groups (broad SMARTS) is 1. The van der Waals surface area contributed by atoms with Crippen molar-refractivity contribution in [1.82, 2.24) is 15.1 Å². The first-order valence-corrected chi connectivity index (χ1v) is 13.9. The van der Waals surface area contributed by atoms with Gasteiger partial charge in [-0.2, -0.15) is 0 Å². The van der Waals surface area contributed by atoms with Crippen LogP contribution in [0.1, 0.15) is 24.8 Å². The number of carbonyl (C=O) groups excluding carboxylic acids is 3. The smallest absolute Gasteiger partial charge is 0.327 e. The Balaban J connectivity index is 1.45. The minimum Gasteiger partial charge on any atom is -0.480 e. The number of amides is 2. The van der Waals surface area contributed by atoms with E-state index in [1.807, 2.05) is 35.2 Å². The van der Waals surface area contributed by atoms with Gasteiger partial charge in [-0.05, 0) is 31.2 Å². The third kappa shape index (κ3) is 6.78. The molecule has 1 aromatic rings. The van der Waals surface area contributed by atoms with Crippen LogP contribution in [0, 0.1) is 0 Å². The zero-order valence-electron chi connectivity index (χ0n) is 19.5. The van der Waals surface area contributed by atoms with Gasteiger partial charge in [-0.25, -0.2) is 4.79 Å². The maximum atomic E-state index is 13.4. The second-order valence-corrected chi connectivity index (χ2v) is 11.4. The molecule has 0 radical (unpaired) electrons. The van der Waals surface area contributed by atoms with Crippen LogP contribution in [0.2, 0.25) is 0 Å². The average Bonchev–Trinajstić information content (AvgIpc) is 3.21. The number of benzene rings is 1. The van der Waals surface area contributed by atoms with Gasteiger partial charge in [0.15, 0.2) is 0 Å². The summed E-state index contributed by atoms with van der Waals surface area (Å²) in [6.07, 6.45) is 2.22. The maximum Gasteiger partial charge on any atom is 0.327 e. The summed E-state index contributed by atoms with van der Waals surface area (Å²) in [6, 6.07) is 7.82. The summed E-state index contributed by atoms with van der Waals surface area (Å²) in [7, 11) is 0. The van der Waals surface area contributed by atoms with E-state index >= 15 is 0 Å². The third-order valence-electron chi connectivity index (χ3n) is 6.48. The Morgan fingerprint density at radius 1 is 1.17 bits per heavy atom. The van der Waals surface area contributed by atoms with Gasteiger partial charge < -0.3 is 20.1 Å². The molecule has 4 rings (SSSR count). The lowest BCUT2D eigenvalue weighted by Crippen LogP contribution is -2.54. The number of thioether (sulfide) groups is 2. The summed E-state index contributed by atoms with van der Waals surface area (Å²) < 4.78 is 5.34. The second kappa shape index (κ2) is 12.2. The van der Waals surface area contributed by atoms with E-state index in [1.54, 1.807) is 0 Å². The molecule has 3 heterocycles. The van der Waals surface area contributed by atoms with Crippen LogP contribution in [-0.2, 0) is 30.3 Å². The summed E-state index contributed by atoms with van der Waals surface area (Å²) in [5.41, 5.74) is 0.925. The van der Waals surface area contributed by atoms with Gasteiger partial charge in [-0.1, -0.05) is 42.1 Å². The highest BCUT2D eigenvalue weighted by Crippen LogP contribution is 2.36. The molecule has 0 spiro atoms. The number of fused-ring (bicyclic) bond motifs is 1. The Hall–Kier alpha value is -2.08. The molecule has 3 fully saturated rings. The predicted molar refractivity (Wildman–Crippen MR) is 134 cm³/mol. The van der Waals surface area contributed by atoms with Crippen LogP contribution in [0.25, 0.3) is 0 Å². The summed E-state index contributed by atoms with van der Waals surface area (Å²) in [5, 5.41) is 11.5. The van der Waals surface area contributed by atoms with Gasteiger partial charge in [-0.3, -0.25) is 19.3 Å². The lowest BCUT2D eigenvalue weighted by Gasteiger charge is -2.29. The maximum absolute atomic E-state index is 13.4. The molecule has 0 bridgehead atoms. The predicted octanol–water partition coefficient (Wildman–Crippen LogP) is 1.21. The highest BCUT2D eigenvalue weighted by Gasteiger charge is 2.45. The Labute approximate surface area is 213 Å². The Morgan fingerprint density at radius 2 is 1.91 bits per heavy atom. The molecule has 0 aliphatic carbocycles. The lowest BCUT2D eigenvalue weighted by molar-refractivity contribution is -0.149. The average molecular weight is 522 g/mol. The molecule has 1 aromatic carbocycles. The molecule has 2 N–H and O–H groups in total. The highest BCUT2D eigenvalue weighted by molar-refractivity contribution is 8.14. The molecule has 0 unspecified atom stereocenters. The topological polar surface area (TPSA) is 116 Å². The van der Waals surface area contributed by atoms with E-state index in [0.717, 1.165) is 17.3 Å². The fourth-order valence-electron chi connectivity index (χ4n) is 4.62. The Kier molecular flexibility index (Phi) is 9.10. The quantitative estimate of drug-likeness (QED) is 0.521. The summed E-state index contributed by atoms with van der Waals surface area (Å²) in [5.74, 6) is -1.38. The number of ether oxygens (including phenoxy) is 1. The Morgan fingerprint density at radius 3 is 2.63 bits per heavy atom. The van der Waals surface area contributed by atoms with Gasteiger partial charge in [0.1, 0.15) is 12.1 Å². The van der Waals surface area contributed by atoms with Crippen molar-refractivity contribution < 1.29 is 29.0 Å². The number of nitrogens with one attached hydrogen (secondary N) is 1. The van der Waals surface area contributed by atoms with E-state index in [1.165, 1.54) is 16.7 Å². The van der Waals surface area contributed by atoms with E-state index in [4.69, 9.17) is 4.74 Å². The standard InChI is InChI=1S/C24H31N3O6S2/c28-21(14-26-9-11-33-12-10-26)35-19(13-16-5-2-1-3-6-16)22(29)25-17-7-4-8-20-27(23(17)30)18(15-34-20)24(31)32/h1-3,5-6,17-20H,4,7-15H2,(H,25,29)(H,31,32)/t17-,18-,19-,20-/m0/s1. The first-order valence-electron chi connectivity index (χ1n) is 11.9. The molecule has 11 heteroatoms. The first-order chi connectivity index (χ1) is 16.9. The van der Waals surface area contributed by atoms with Crippen LogP contribution in [-0.4, -0.2) is 99.1 Å². The van der Waals surface area contributed by atoms with Gasteiger partial charge in [0, 0.05) is 18.8 Å². The van der Waals surface area contributed by atoms with Crippen molar-refractivity contribution in [2.24, 2.45) is 0 Å². The highest BCUT2D eigenvalue weighted by atomic mass is 32.2. The summed E-state index contributed by atoms with van der Waals surface area (Å²) in [6.45, 7) is 2.77. The molecular formula is C24H31N3O6S2. The van der Waals surface area contributed by atoms with E-state index in [0.29, 0.717) is 57.7 Å². The fraction of sp³-hybridized carbons (Fsp3) is 0.583. The molecule has 9 nitrogen and oxygen atoms in total. The van der Waals surface area contributed by atoms with Crippen LogP contribution in [0.3, 0.4) is 0 Å². The molecule has 3 saturated heterocycles. The number of rotatable bonds is 8. The van der Waals surface area contributed by atoms with Crippen molar-refractivity contribution in [3.8, 4) is 0 Å². The van der Waals surface area contributed by atoms with Crippen LogP contribution in [0.5, 0.6) is 0 Å². The second-order valence-electron chi connectivity index (χ2n) is 8.94. The van der Waals surface area contributed by atoms with E-state index in [-0.39, 0.29) is 28.8 Å². The number of carbonyl (C=O) groups is 4. The lowest BCUT2D eigenvalue weighted by atomic mass is 10.1. The zero-order valence-corrected chi connectivity index (χ0v) is 21.1. The van der Waals surface area contributed by atoms with Crippen LogP contribution in [0.4, 0.5) is 0 Å². The molecule has 0 aromatic heterocycles. The molecule has 4 atom stereocenters. The van der Waals surface area contributed by atoms with Gasteiger partial charge in [0.2, 0.25) is 16.9 Å². The van der Waals surface area contributed by atoms with Gasteiger partial charge in [0.05, 0.1) is 30.4 Å². The Bertz CT molecular complexity index is 927. The molecule has 35 heavy (non-hydrogen) atoms. The van der Waals surface area contributed by atoms with Gasteiger partial charge in [-0.15, -0.1) is 11.8 Å². The van der Waals surface area contributed by atoms with Crippen molar-refractivity contribution in [2.45, 2.75) is 48.4 Å². The first kappa shape index (κ1) is 26.0. The fourth-order valence-corrected chi connectivity index (χ4v) is 7.10. The van der Waals surface area contributed by atoms with Gasteiger partial charge in [0.25, 0.3) is 0 Å². The summed E-state index contributed by atoms with van der Waals surface area (Å²) >= 11 is 2.49. The zero-order chi connectivity index (χ0) is 24.8. The number of carboxylic acids is 1. The number of aliphatic carboxylic acids is 1. The van der Waals surface area contributed by atoms with Crippen molar-refractivity contribution in [3.63, 3.8) is 0 Å². The normalized spacial score (nSPS) is 26.0. The number of nitrogens with zero attached hydrogens (tertiary/aromatic N) is 2. The molecule has 0 saturated carbocycles. The van der Waals surface area contributed by atoms with Crippen molar-refractivity contribution in [2.75, 3.05) is 38.6 Å². The minimum absolute atomic E-state index is 0.0999. The number of hydrogen-bond donors (Lipinski definition) is 2. The van der Waals surface area contributed by atoms with Crippen molar-refractivity contribution in [1.29, 1.82) is 0 Å². The van der Waals surface area contributed by atoms with E-state index in [9.17, 15) is 24.3 Å². The van der Waals surface area contributed by atoms with E-state index in [2.05, 4.69) is 5.32 Å². The van der Waals surface area contributed by atoms with Crippen molar-refractivity contribution in [3.05, 3.63) is 35.9 Å². The molecular weight excluding hydrogens is 490 g/mol. The third-order valence-corrected chi connectivity index (χ3v) is 8.89. The van der Waals surface area contributed by atoms with E-state index < -0.39 is 23.3 Å². The molecule has 3 aliphatic rings. The molecule has 2 amide bonds. The minimum atomic E-state index is -1.02. The largest absolute Gasteiger partial charge is 0.480 e. The summed E-state index contributed by atoms with van der Waals surface area (Å²) in [4.78, 5) is 54.7. The number of hydrogen-bond acceptors (Lipinski definition) is 8. The number of morpholine rings is 1. The molecule has 190 valence electrons. The van der Waals surface area contributed by atoms with Crippen LogP contribution < -0.4 is 5.32 Å². The van der Waals surface area contributed by atoms with Crippen LogP contribution >= 0.6 is 23.5 Å². The SMILES string of the molecule is O=C(CN1CCOCC1)S[C@@H](Cc1ccccc1)C(=O)N[C@H]1CCC[C@@H]2SC[C@@H](C(=O)O)N2C1=O. The monoisotopic (exact) mass is 521 g/mol. The molecule has 3 aliphatic heterocycles. The van der Waals surface area contributed by atoms with Crippen LogP contribution in [0.15, 0.2) is 30.3 Å². The van der Waals surface area contributed by atoms with Crippen molar-refractivity contribution >= 4 is 46.4 Å². The van der Waals surface area contributed by atoms with Gasteiger partial charge >= 0.3 is 5.97 Å².